The van der Waals surface area contributed by atoms with Crippen LogP contribution >= 0.6 is 0 Å². The lowest BCUT2D eigenvalue weighted by molar-refractivity contribution is -0.180. The van der Waals surface area contributed by atoms with Gasteiger partial charge in [-0.1, -0.05) is 0 Å². The number of ether oxygens (including phenoxy) is 1. The smallest absolute Gasteiger partial charge is 0.373 e. The van der Waals surface area contributed by atoms with Gasteiger partial charge in [0.15, 0.2) is 0 Å². The van der Waals surface area contributed by atoms with Crippen LogP contribution in [0.5, 0.6) is 0 Å². The first-order valence-corrected chi connectivity index (χ1v) is 12.4. The zero-order valence-electron chi connectivity index (χ0n) is 20.2. The molecule has 2 bridgehead atoms. The molecule has 1 saturated heterocycles. The number of alkyl halides is 3. The molecule has 184 valence electrons. The van der Waals surface area contributed by atoms with Crippen LogP contribution in [0.4, 0.5) is 13.2 Å². The molecule has 0 aromatic carbocycles. The highest BCUT2D eigenvalue weighted by Crippen LogP contribution is 2.66. The van der Waals surface area contributed by atoms with Crippen molar-refractivity contribution in [2.24, 2.45) is 11.8 Å². The van der Waals surface area contributed by atoms with Gasteiger partial charge in [0.25, 0.3) is 0 Å². The van der Waals surface area contributed by atoms with Crippen LogP contribution in [-0.2, 0) is 10.2 Å². The van der Waals surface area contributed by atoms with Gasteiger partial charge in [0.2, 0.25) is 0 Å². The van der Waals surface area contributed by atoms with Crippen molar-refractivity contribution in [1.82, 2.24) is 19.9 Å². The summed E-state index contributed by atoms with van der Waals surface area (Å²) >= 11 is 0. The minimum Gasteiger partial charge on any atom is -0.373 e. The number of pyridine rings is 2. The highest BCUT2D eigenvalue weighted by molar-refractivity contribution is 5.79. The highest BCUT2D eigenvalue weighted by atomic mass is 19.4. The lowest BCUT2D eigenvalue weighted by Gasteiger charge is -2.39. The van der Waals surface area contributed by atoms with Crippen molar-refractivity contribution in [2.75, 3.05) is 6.61 Å². The molecule has 4 fully saturated rings. The van der Waals surface area contributed by atoms with Crippen molar-refractivity contribution >= 4 is 11.0 Å². The van der Waals surface area contributed by atoms with E-state index in [1.807, 2.05) is 39.0 Å². The van der Waals surface area contributed by atoms with E-state index in [1.165, 1.54) is 0 Å². The normalized spacial score (nSPS) is 30.5. The summed E-state index contributed by atoms with van der Waals surface area (Å²) in [7, 11) is 0. The Morgan fingerprint density at radius 2 is 1.77 bits per heavy atom. The van der Waals surface area contributed by atoms with E-state index >= 15 is 0 Å². The Kier molecular flexibility index (Phi) is 5.18. The van der Waals surface area contributed by atoms with Crippen molar-refractivity contribution < 1.29 is 17.9 Å². The molecule has 0 N–H and O–H groups in total. The first kappa shape index (κ1) is 22.8. The van der Waals surface area contributed by atoms with Gasteiger partial charge >= 0.3 is 6.18 Å². The Bertz CT molecular complexity index is 1300. The molecule has 1 unspecified atom stereocenters. The SMILES string of the molecule is Cc1cc([C@H]2C[C@@H](c3cc4nc(C)c(C)nc4c([C@]45CC(C(F)(F)F)[C@H](C4)C5)n3)CCO2)ccn1. The Morgan fingerprint density at radius 3 is 2.49 bits per heavy atom. The van der Waals surface area contributed by atoms with Crippen LogP contribution < -0.4 is 0 Å². The van der Waals surface area contributed by atoms with E-state index in [0.29, 0.717) is 25.0 Å². The summed E-state index contributed by atoms with van der Waals surface area (Å²) in [6.07, 6.45) is 0.328. The Hall–Kier alpha value is -2.61. The maximum atomic E-state index is 13.7. The standard InChI is InChI=1S/C27H29F3N4O/c1-14-8-18(4-6-31-14)23-9-17(5-7-35-23)21-10-22-24(33-16(3)15(2)32-22)25(34-21)26-11-19(12-26)20(13-26)27(28,29)30/h4,6,8,10,17,19-20,23H,5,7,9,11-13H2,1-3H3/t17-,19-,20?,23+,26-/m0/s1. The second-order valence-corrected chi connectivity index (χ2v) is 10.8. The third-order valence-electron chi connectivity index (χ3n) is 8.49. The van der Waals surface area contributed by atoms with Crippen molar-refractivity contribution in [3.8, 4) is 0 Å². The minimum absolute atomic E-state index is 0.0606. The molecule has 3 aromatic heterocycles. The Balaban J connectivity index is 1.41. The molecule has 8 heteroatoms. The average molecular weight is 483 g/mol. The molecule has 0 spiro atoms. The molecule has 0 amide bonds. The summed E-state index contributed by atoms with van der Waals surface area (Å²) in [6, 6.07) is 6.04. The number of nitrogens with zero attached hydrogens (tertiary/aromatic N) is 4. The molecule has 3 aromatic rings. The number of halogens is 3. The number of rotatable bonds is 3. The van der Waals surface area contributed by atoms with E-state index < -0.39 is 17.5 Å². The van der Waals surface area contributed by atoms with Gasteiger partial charge in [-0.25, -0.2) is 9.97 Å². The van der Waals surface area contributed by atoms with Gasteiger partial charge in [-0.05, 0) is 82.6 Å². The van der Waals surface area contributed by atoms with Gasteiger partial charge in [-0.15, -0.1) is 0 Å². The molecule has 4 heterocycles. The molecule has 0 radical (unpaired) electrons. The summed E-state index contributed by atoms with van der Waals surface area (Å²) in [5.41, 5.74) is 6.16. The molecule has 3 aliphatic carbocycles. The van der Waals surface area contributed by atoms with E-state index in [2.05, 4.69) is 4.98 Å². The summed E-state index contributed by atoms with van der Waals surface area (Å²) in [5, 5.41) is 0. The predicted molar refractivity (Wildman–Crippen MR) is 125 cm³/mol. The molecule has 1 aliphatic heterocycles. The van der Waals surface area contributed by atoms with E-state index in [1.54, 1.807) is 6.20 Å². The fourth-order valence-corrected chi connectivity index (χ4v) is 6.55. The molecule has 35 heavy (non-hydrogen) atoms. The van der Waals surface area contributed by atoms with Crippen molar-refractivity contribution in [2.45, 2.75) is 76.5 Å². The van der Waals surface area contributed by atoms with Gasteiger partial charge in [0.1, 0.15) is 5.52 Å². The monoisotopic (exact) mass is 482 g/mol. The summed E-state index contributed by atoms with van der Waals surface area (Å²) < 4.78 is 47.2. The van der Waals surface area contributed by atoms with Gasteiger partial charge in [-0.3, -0.25) is 9.97 Å². The van der Waals surface area contributed by atoms with Crippen molar-refractivity contribution in [3.63, 3.8) is 0 Å². The Morgan fingerprint density at radius 1 is 1.00 bits per heavy atom. The largest absolute Gasteiger partial charge is 0.392 e. The van der Waals surface area contributed by atoms with Crippen LogP contribution in [0.15, 0.2) is 24.4 Å². The van der Waals surface area contributed by atoms with E-state index in [0.717, 1.165) is 52.4 Å². The van der Waals surface area contributed by atoms with Gasteiger partial charge < -0.3 is 4.74 Å². The third-order valence-corrected chi connectivity index (χ3v) is 8.49. The van der Waals surface area contributed by atoms with Crippen LogP contribution in [0.1, 0.15) is 78.2 Å². The van der Waals surface area contributed by atoms with Gasteiger partial charge in [-0.2, -0.15) is 13.2 Å². The van der Waals surface area contributed by atoms with Crippen LogP contribution in [0.2, 0.25) is 0 Å². The van der Waals surface area contributed by atoms with Crippen molar-refractivity contribution in [1.29, 1.82) is 0 Å². The molecular formula is C27H29F3N4O. The highest BCUT2D eigenvalue weighted by Gasteiger charge is 2.65. The van der Waals surface area contributed by atoms with Crippen LogP contribution in [0, 0.1) is 32.6 Å². The first-order chi connectivity index (χ1) is 16.6. The quantitative estimate of drug-likeness (QED) is 0.444. The average Bonchev–Trinajstić information content (AvgIpc) is 3.38. The summed E-state index contributed by atoms with van der Waals surface area (Å²) in [6.45, 7) is 6.39. The lowest BCUT2D eigenvalue weighted by atomic mass is 9.66. The maximum absolute atomic E-state index is 13.7. The maximum Gasteiger partial charge on any atom is 0.392 e. The summed E-state index contributed by atoms with van der Waals surface area (Å²) in [5.74, 6) is -1.41. The molecule has 5 nitrogen and oxygen atoms in total. The minimum atomic E-state index is -4.16. The molecule has 7 rings (SSSR count). The third kappa shape index (κ3) is 3.81. The summed E-state index contributed by atoms with van der Waals surface area (Å²) in [4.78, 5) is 19.0. The molecule has 4 aliphatic rings. The van der Waals surface area contributed by atoms with Crippen LogP contribution in [0.25, 0.3) is 11.0 Å². The number of aromatic nitrogens is 4. The number of fused-ring (bicyclic) bond motifs is 2. The van der Waals surface area contributed by atoms with Crippen LogP contribution in [-0.4, -0.2) is 32.7 Å². The zero-order chi connectivity index (χ0) is 24.5. The topological polar surface area (TPSA) is 60.8 Å². The number of hydrogen-bond acceptors (Lipinski definition) is 5. The van der Waals surface area contributed by atoms with E-state index in [9.17, 15) is 13.2 Å². The van der Waals surface area contributed by atoms with Crippen molar-refractivity contribution in [3.05, 3.63) is 58.4 Å². The van der Waals surface area contributed by atoms with Gasteiger partial charge in [0.05, 0.1) is 34.6 Å². The lowest BCUT2D eigenvalue weighted by Crippen LogP contribution is -2.35. The molecular weight excluding hydrogens is 453 g/mol. The molecule has 3 atom stereocenters. The number of hydrogen-bond donors (Lipinski definition) is 0. The first-order valence-electron chi connectivity index (χ1n) is 12.4. The Labute approximate surface area is 202 Å². The van der Waals surface area contributed by atoms with Gasteiger partial charge in [0, 0.05) is 35.5 Å². The second kappa shape index (κ2) is 7.95. The van der Waals surface area contributed by atoms with E-state index in [4.69, 9.17) is 19.7 Å². The van der Waals surface area contributed by atoms with Crippen LogP contribution in [0.3, 0.4) is 0 Å². The fraction of sp³-hybridized carbons (Fsp3) is 0.556. The second-order valence-electron chi connectivity index (χ2n) is 10.8. The molecule has 3 saturated carbocycles. The predicted octanol–water partition coefficient (Wildman–Crippen LogP) is 6.21. The number of aryl methyl sites for hydroxylation is 3. The fourth-order valence-electron chi connectivity index (χ4n) is 6.55. The zero-order valence-corrected chi connectivity index (χ0v) is 20.2. The van der Waals surface area contributed by atoms with E-state index in [-0.39, 0.29) is 24.4 Å².